The summed E-state index contributed by atoms with van der Waals surface area (Å²) in [7, 11) is 0. The number of carbonyl (C=O) groups excluding carboxylic acids is 1. The SMILES string of the molecule is C=CCOC(=O)CC(CCCCCCCCCCCCCCCCCCCCCC/C=C/CC)C(=O)O. The molecule has 0 aromatic heterocycles. The maximum absolute atomic E-state index is 11.6. The number of aliphatic carboxylic acids is 1. The van der Waals surface area contributed by atoms with Gasteiger partial charge in [-0.2, -0.15) is 0 Å². The molecule has 0 saturated carbocycles. The zero-order valence-electron chi connectivity index (χ0n) is 24.4. The summed E-state index contributed by atoms with van der Waals surface area (Å²) < 4.78 is 4.91. The van der Waals surface area contributed by atoms with Crippen molar-refractivity contribution in [3.63, 3.8) is 0 Å². The summed E-state index contributed by atoms with van der Waals surface area (Å²) in [5.74, 6) is -1.98. The van der Waals surface area contributed by atoms with E-state index in [2.05, 4.69) is 25.7 Å². The monoisotopic (exact) mass is 520 g/mol. The van der Waals surface area contributed by atoms with E-state index in [9.17, 15) is 14.7 Å². The van der Waals surface area contributed by atoms with Gasteiger partial charge >= 0.3 is 11.9 Å². The molecule has 37 heavy (non-hydrogen) atoms. The first-order valence-electron chi connectivity index (χ1n) is 15.8. The Kier molecular flexibility index (Phi) is 27.7. The molecule has 216 valence electrons. The van der Waals surface area contributed by atoms with Crippen molar-refractivity contribution in [3.8, 4) is 0 Å². The van der Waals surface area contributed by atoms with E-state index in [1.807, 2.05) is 0 Å². The summed E-state index contributed by atoms with van der Waals surface area (Å²) in [4.78, 5) is 23.0. The van der Waals surface area contributed by atoms with Gasteiger partial charge in [0.15, 0.2) is 0 Å². The summed E-state index contributed by atoms with van der Waals surface area (Å²) in [6, 6.07) is 0. The largest absolute Gasteiger partial charge is 0.481 e. The molecule has 0 aromatic rings. The Labute approximate surface area is 229 Å². The highest BCUT2D eigenvalue weighted by molar-refractivity contribution is 5.78. The molecule has 0 rings (SSSR count). The Hall–Kier alpha value is -1.58. The molecule has 0 aliphatic heterocycles. The highest BCUT2D eigenvalue weighted by atomic mass is 16.5. The van der Waals surface area contributed by atoms with Gasteiger partial charge in [0.1, 0.15) is 6.61 Å². The van der Waals surface area contributed by atoms with Crippen molar-refractivity contribution in [2.24, 2.45) is 5.92 Å². The molecule has 1 atom stereocenters. The lowest BCUT2D eigenvalue weighted by Gasteiger charge is -2.11. The Morgan fingerprint density at radius 3 is 1.46 bits per heavy atom. The van der Waals surface area contributed by atoms with Crippen molar-refractivity contribution in [1.29, 1.82) is 0 Å². The minimum Gasteiger partial charge on any atom is -0.481 e. The molecule has 1 unspecified atom stereocenters. The molecular weight excluding hydrogens is 460 g/mol. The first-order valence-corrected chi connectivity index (χ1v) is 15.8. The number of esters is 1. The van der Waals surface area contributed by atoms with Crippen LogP contribution in [0.4, 0.5) is 0 Å². The van der Waals surface area contributed by atoms with Crippen LogP contribution in [0.3, 0.4) is 0 Å². The van der Waals surface area contributed by atoms with E-state index in [0.717, 1.165) is 19.3 Å². The molecule has 4 heteroatoms. The van der Waals surface area contributed by atoms with Crippen molar-refractivity contribution in [2.45, 2.75) is 161 Å². The van der Waals surface area contributed by atoms with Gasteiger partial charge in [-0.15, -0.1) is 0 Å². The number of carboxylic acids is 1. The minimum atomic E-state index is -0.900. The fourth-order valence-corrected chi connectivity index (χ4v) is 4.84. The van der Waals surface area contributed by atoms with Gasteiger partial charge in [0.05, 0.1) is 12.3 Å². The second-order valence-corrected chi connectivity index (χ2v) is 10.7. The van der Waals surface area contributed by atoms with Crippen LogP contribution in [0.25, 0.3) is 0 Å². The summed E-state index contributed by atoms with van der Waals surface area (Å²) in [6.45, 7) is 5.83. The van der Waals surface area contributed by atoms with E-state index in [0.29, 0.717) is 6.42 Å². The van der Waals surface area contributed by atoms with E-state index in [1.165, 1.54) is 128 Å². The maximum atomic E-state index is 11.6. The molecule has 0 aliphatic rings. The van der Waals surface area contributed by atoms with Gasteiger partial charge in [0, 0.05) is 0 Å². The summed E-state index contributed by atoms with van der Waals surface area (Å²) in [5.41, 5.74) is 0. The second kappa shape index (κ2) is 29.0. The topological polar surface area (TPSA) is 63.6 Å². The highest BCUT2D eigenvalue weighted by Crippen LogP contribution is 2.18. The average Bonchev–Trinajstić information content (AvgIpc) is 2.89. The van der Waals surface area contributed by atoms with Crippen LogP contribution in [0.15, 0.2) is 24.8 Å². The predicted octanol–water partition coefficient (Wildman–Crippen LogP) is 10.4. The van der Waals surface area contributed by atoms with Crippen molar-refractivity contribution >= 4 is 11.9 Å². The number of allylic oxidation sites excluding steroid dienone is 2. The van der Waals surface area contributed by atoms with Crippen LogP contribution in [0.1, 0.15) is 161 Å². The van der Waals surface area contributed by atoms with Crippen LogP contribution in [0.2, 0.25) is 0 Å². The normalized spacial score (nSPS) is 12.1. The number of carbonyl (C=O) groups is 2. The van der Waals surface area contributed by atoms with Crippen LogP contribution in [-0.2, 0) is 14.3 Å². The molecule has 0 amide bonds. The third kappa shape index (κ3) is 27.3. The average molecular weight is 521 g/mol. The Balaban J connectivity index is 3.31. The van der Waals surface area contributed by atoms with Gasteiger partial charge in [-0.05, 0) is 25.7 Å². The zero-order valence-corrected chi connectivity index (χ0v) is 24.4. The zero-order chi connectivity index (χ0) is 27.2. The second-order valence-electron chi connectivity index (χ2n) is 10.7. The highest BCUT2D eigenvalue weighted by Gasteiger charge is 2.21. The van der Waals surface area contributed by atoms with Gasteiger partial charge < -0.3 is 9.84 Å². The third-order valence-corrected chi connectivity index (χ3v) is 7.20. The van der Waals surface area contributed by atoms with Gasteiger partial charge in [-0.1, -0.05) is 154 Å². The number of hydrogen-bond acceptors (Lipinski definition) is 3. The quantitative estimate of drug-likeness (QED) is 0.0605. The molecule has 0 heterocycles. The molecule has 0 aromatic carbocycles. The lowest BCUT2D eigenvalue weighted by atomic mass is 9.97. The number of unbranched alkanes of at least 4 members (excludes halogenated alkanes) is 20. The molecule has 0 saturated heterocycles. The van der Waals surface area contributed by atoms with E-state index in [1.54, 1.807) is 0 Å². The van der Waals surface area contributed by atoms with Crippen molar-refractivity contribution in [1.82, 2.24) is 0 Å². The molecule has 4 nitrogen and oxygen atoms in total. The summed E-state index contributed by atoms with van der Waals surface area (Å²) in [5, 5.41) is 9.30. The minimum absolute atomic E-state index is 0.0407. The van der Waals surface area contributed by atoms with Crippen molar-refractivity contribution in [3.05, 3.63) is 24.8 Å². The number of hydrogen-bond donors (Lipinski definition) is 1. The summed E-state index contributed by atoms with van der Waals surface area (Å²) in [6.07, 6.45) is 35.6. The van der Waals surface area contributed by atoms with E-state index in [4.69, 9.17) is 4.74 Å². The third-order valence-electron chi connectivity index (χ3n) is 7.20. The Bertz CT molecular complexity index is 555. The predicted molar refractivity (Wildman–Crippen MR) is 158 cm³/mol. The van der Waals surface area contributed by atoms with E-state index in [-0.39, 0.29) is 13.0 Å². The first kappa shape index (κ1) is 35.4. The van der Waals surface area contributed by atoms with Crippen LogP contribution in [0.5, 0.6) is 0 Å². The molecule has 0 bridgehead atoms. The van der Waals surface area contributed by atoms with E-state index >= 15 is 0 Å². The van der Waals surface area contributed by atoms with Crippen LogP contribution >= 0.6 is 0 Å². The van der Waals surface area contributed by atoms with Gasteiger partial charge in [-0.3, -0.25) is 9.59 Å². The van der Waals surface area contributed by atoms with Crippen LogP contribution < -0.4 is 0 Å². The van der Waals surface area contributed by atoms with Crippen LogP contribution in [-0.4, -0.2) is 23.7 Å². The molecule has 0 aliphatic carbocycles. The van der Waals surface area contributed by atoms with Crippen LogP contribution in [0, 0.1) is 5.92 Å². The Morgan fingerprint density at radius 1 is 0.676 bits per heavy atom. The first-order chi connectivity index (χ1) is 18.1. The fraction of sp³-hybridized carbons (Fsp3) is 0.818. The van der Waals surface area contributed by atoms with Gasteiger partial charge in [-0.25, -0.2) is 0 Å². The number of rotatable bonds is 29. The number of carboxylic acid groups (broad SMARTS) is 1. The molecular formula is C33H60O4. The Morgan fingerprint density at radius 2 is 1.08 bits per heavy atom. The molecule has 0 spiro atoms. The molecule has 0 fully saturated rings. The molecule has 1 N–H and O–H groups in total. The smallest absolute Gasteiger partial charge is 0.307 e. The van der Waals surface area contributed by atoms with Gasteiger partial charge in [0.25, 0.3) is 0 Å². The summed E-state index contributed by atoms with van der Waals surface area (Å²) >= 11 is 0. The van der Waals surface area contributed by atoms with E-state index < -0.39 is 17.9 Å². The lowest BCUT2D eigenvalue weighted by molar-refractivity contribution is -0.151. The maximum Gasteiger partial charge on any atom is 0.307 e. The van der Waals surface area contributed by atoms with Crippen molar-refractivity contribution in [2.75, 3.05) is 6.61 Å². The number of ether oxygens (including phenoxy) is 1. The standard InChI is InChI=1S/C33H60O4/c1-3-5-6-7-8-9-10-11-12-13-14-15-16-17-18-19-20-21-22-23-24-25-26-27-28-31(33(35)36)30-32(34)37-29-4-2/h4-6,31H,2-3,7-30H2,1H3,(H,35,36)/b6-5+. The lowest BCUT2D eigenvalue weighted by Crippen LogP contribution is -2.19. The fourth-order valence-electron chi connectivity index (χ4n) is 4.84. The van der Waals surface area contributed by atoms with Gasteiger partial charge in [0.2, 0.25) is 0 Å². The van der Waals surface area contributed by atoms with Crippen molar-refractivity contribution < 1.29 is 19.4 Å². The molecule has 0 radical (unpaired) electrons.